The van der Waals surface area contributed by atoms with Crippen molar-refractivity contribution in [2.45, 2.75) is 26.7 Å². The van der Waals surface area contributed by atoms with Crippen molar-refractivity contribution in [3.8, 4) is 0 Å². The van der Waals surface area contributed by atoms with E-state index in [1.54, 1.807) is 0 Å². The van der Waals surface area contributed by atoms with Crippen molar-refractivity contribution in [2.75, 3.05) is 5.88 Å². The number of hydrogen-bond donors (Lipinski definition) is 0. The normalized spacial score (nSPS) is 12.4. The van der Waals surface area contributed by atoms with Gasteiger partial charge >= 0.3 is 0 Å². The van der Waals surface area contributed by atoms with Crippen LogP contribution in [0.4, 0.5) is 0 Å². The number of halogens is 2. The molecule has 2 heteroatoms. The first-order valence-electron chi connectivity index (χ1n) is 6.95. The highest BCUT2D eigenvalue weighted by Gasteiger charge is 2.11. The van der Waals surface area contributed by atoms with Gasteiger partial charge in [0.1, 0.15) is 0 Å². The summed E-state index contributed by atoms with van der Waals surface area (Å²) < 4.78 is 0. The van der Waals surface area contributed by atoms with E-state index in [9.17, 15) is 0 Å². The van der Waals surface area contributed by atoms with Crippen molar-refractivity contribution in [3.05, 3.63) is 69.7 Å². The van der Waals surface area contributed by atoms with Crippen molar-refractivity contribution in [1.82, 2.24) is 0 Å². The Morgan fingerprint density at radius 1 is 0.950 bits per heavy atom. The second-order valence-corrected chi connectivity index (χ2v) is 6.23. The van der Waals surface area contributed by atoms with Crippen LogP contribution in [0, 0.1) is 19.8 Å². The molecule has 0 spiro atoms. The summed E-state index contributed by atoms with van der Waals surface area (Å²) in [5.74, 6) is 1.13. The van der Waals surface area contributed by atoms with Crippen LogP contribution in [0.2, 0.25) is 5.02 Å². The monoisotopic (exact) mass is 306 g/mol. The third kappa shape index (κ3) is 4.26. The second kappa shape index (κ2) is 7.15. The molecule has 0 aliphatic carbocycles. The van der Waals surface area contributed by atoms with E-state index in [4.69, 9.17) is 23.2 Å². The Labute approximate surface area is 131 Å². The van der Waals surface area contributed by atoms with Crippen LogP contribution in [-0.2, 0) is 12.8 Å². The molecule has 0 fully saturated rings. The first kappa shape index (κ1) is 15.4. The first-order chi connectivity index (χ1) is 9.58. The highest BCUT2D eigenvalue weighted by molar-refractivity contribution is 6.30. The van der Waals surface area contributed by atoms with E-state index < -0.39 is 0 Å². The summed E-state index contributed by atoms with van der Waals surface area (Å²) in [7, 11) is 0. The standard InChI is InChI=1S/C18H20Cl2/c1-13-3-4-14(2)17(9-13)11-16(12-19)10-15-5-7-18(20)8-6-15/h3-9,16H,10-12H2,1-2H3. The number of benzene rings is 2. The molecular weight excluding hydrogens is 287 g/mol. The van der Waals surface area contributed by atoms with Gasteiger partial charge < -0.3 is 0 Å². The van der Waals surface area contributed by atoms with Gasteiger partial charge in [-0.3, -0.25) is 0 Å². The number of rotatable bonds is 5. The van der Waals surface area contributed by atoms with E-state index >= 15 is 0 Å². The third-order valence-corrected chi connectivity index (χ3v) is 4.36. The SMILES string of the molecule is Cc1ccc(C)c(CC(CCl)Cc2ccc(Cl)cc2)c1. The molecule has 106 valence electrons. The fourth-order valence-electron chi connectivity index (χ4n) is 2.47. The van der Waals surface area contributed by atoms with Crippen LogP contribution in [0.1, 0.15) is 22.3 Å². The molecule has 0 aliphatic rings. The predicted molar refractivity (Wildman–Crippen MR) is 89.0 cm³/mol. The zero-order valence-electron chi connectivity index (χ0n) is 12.0. The molecular formula is C18H20Cl2. The van der Waals surface area contributed by atoms with Gasteiger partial charge in [-0.25, -0.2) is 0 Å². The summed E-state index contributed by atoms with van der Waals surface area (Å²) in [6.07, 6.45) is 2.02. The van der Waals surface area contributed by atoms with E-state index in [0.29, 0.717) is 11.8 Å². The summed E-state index contributed by atoms with van der Waals surface area (Å²) in [5.41, 5.74) is 5.36. The molecule has 0 bridgehead atoms. The predicted octanol–water partition coefficient (Wildman–Crippen LogP) is 5.60. The van der Waals surface area contributed by atoms with Crippen LogP contribution in [0.5, 0.6) is 0 Å². The van der Waals surface area contributed by atoms with Gasteiger partial charge in [0.15, 0.2) is 0 Å². The van der Waals surface area contributed by atoms with Gasteiger partial charge in [0, 0.05) is 10.9 Å². The fraction of sp³-hybridized carbons (Fsp3) is 0.333. The first-order valence-corrected chi connectivity index (χ1v) is 7.86. The topological polar surface area (TPSA) is 0 Å². The van der Waals surface area contributed by atoms with Crippen LogP contribution < -0.4 is 0 Å². The molecule has 20 heavy (non-hydrogen) atoms. The Balaban J connectivity index is 2.08. The molecule has 0 aromatic heterocycles. The Hall–Kier alpha value is -0.980. The van der Waals surface area contributed by atoms with E-state index in [2.05, 4.69) is 44.2 Å². The minimum absolute atomic E-state index is 0.457. The molecule has 0 aliphatic heterocycles. The molecule has 0 N–H and O–H groups in total. The second-order valence-electron chi connectivity index (χ2n) is 5.48. The van der Waals surface area contributed by atoms with Gasteiger partial charge in [0.05, 0.1) is 0 Å². The maximum Gasteiger partial charge on any atom is 0.0406 e. The number of hydrogen-bond acceptors (Lipinski definition) is 0. The van der Waals surface area contributed by atoms with Crippen LogP contribution in [0.25, 0.3) is 0 Å². The highest BCUT2D eigenvalue weighted by Crippen LogP contribution is 2.20. The van der Waals surface area contributed by atoms with Crippen LogP contribution >= 0.6 is 23.2 Å². The summed E-state index contributed by atoms with van der Waals surface area (Å²) in [4.78, 5) is 0. The van der Waals surface area contributed by atoms with Crippen molar-refractivity contribution in [2.24, 2.45) is 5.92 Å². The zero-order valence-corrected chi connectivity index (χ0v) is 13.5. The lowest BCUT2D eigenvalue weighted by Gasteiger charge is -2.16. The molecule has 2 aromatic carbocycles. The molecule has 2 rings (SSSR count). The number of alkyl halides is 1. The molecule has 1 atom stereocenters. The fourth-order valence-corrected chi connectivity index (χ4v) is 2.81. The van der Waals surface area contributed by atoms with E-state index in [1.807, 2.05) is 12.1 Å². The molecule has 0 nitrogen and oxygen atoms in total. The Kier molecular flexibility index (Phi) is 5.51. The Morgan fingerprint density at radius 3 is 2.30 bits per heavy atom. The van der Waals surface area contributed by atoms with Crippen molar-refractivity contribution < 1.29 is 0 Å². The van der Waals surface area contributed by atoms with Crippen molar-refractivity contribution in [1.29, 1.82) is 0 Å². The van der Waals surface area contributed by atoms with Crippen LogP contribution in [0.3, 0.4) is 0 Å². The summed E-state index contributed by atoms with van der Waals surface area (Å²) in [6, 6.07) is 14.7. The average molecular weight is 307 g/mol. The van der Waals surface area contributed by atoms with E-state index in [0.717, 1.165) is 17.9 Å². The molecule has 0 heterocycles. The minimum Gasteiger partial charge on any atom is -0.126 e. The van der Waals surface area contributed by atoms with Crippen LogP contribution in [0.15, 0.2) is 42.5 Å². The smallest absolute Gasteiger partial charge is 0.0406 e. The van der Waals surface area contributed by atoms with Gasteiger partial charge in [0.25, 0.3) is 0 Å². The largest absolute Gasteiger partial charge is 0.126 e. The van der Waals surface area contributed by atoms with Gasteiger partial charge in [0.2, 0.25) is 0 Å². The van der Waals surface area contributed by atoms with Gasteiger partial charge in [-0.15, -0.1) is 11.6 Å². The Bertz CT molecular complexity index is 558. The quantitative estimate of drug-likeness (QED) is 0.631. The van der Waals surface area contributed by atoms with Gasteiger partial charge in [-0.05, 0) is 61.4 Å². The molecule has 2 aromatic rings. The molecule has 0 amide bonds. The van der Waals surface area contributed by atoms with Crippen molar-refractivity contribution in [3.63, 3.8) is 0 Å². The zero-order chi connectivity index (χ0) is 14.5. The average Bonchev–Trinajstić information content (AvgIpc) is 2.44. The van der Waals surface area contributed by atoms with Crippen LogP contribution in [-0.4, -0.2) is 5.88 Å². The lowest BCUT2D eigenvalue weighted by atomic mass is 9.91. The van der Waals surface area contributed by atoms with E-state index in [-0.39, 0.29) is 0 Å². The molecule has 0 saturated carbocycles. The minimum atomic E-state index is 0.457. The Morgan fingerprint density at radius 2 is 1.65 bits per heavy atom. The van der Waals surface area contributed by atoms with Crippen molar-refractivity contribution >= 4 is 23.2 Å². The lowest BCUT2D eigenvalue weighted by molar-refractivity contribution is 0.582. The van der Waals surface area contributed by atoms with Gasteiger partial charge in [-0.1, -0.05) is 47.5 Å². The summed E-state index contributed by atoms with van der Waals surface area (Å²) in [5, 5.41) is 0.783. The number of aryl methyl sites for hydroxylation is 2. The summed E-state index contributed by atoms with van der Waals surface area (Å²) >= 11 is 12.1. The van der Waals surface area contributed by atoms with Gasteiger partial charge in [-0.2, -0.15) is 0 Å². The maximum absolute atomic E-state index is 6.16. The molecule has 0 saturated heterocycles. The maximum atomic E-state index is 6.16. The third-order valence-electron chi connectivity index (χ3n) is 3.67. The lowest BCUT2D eigenvalue weighted by Crippen LogP contribution is -2.11. The molecule has 1 unspecified atom stereocenters. The highest BCUT2D eigenvalue weighted by atomic mass is 35.5. The molecule has 0 radical (unpaired) electrons. The van der Waals surface area contributed by atoms with E-state index in [1.165, 1.54) is 22.3 Å². The summed E-state index contributed by atoms with van der Waals surface area (Å²) in [6.45, 7) is 4.31.